The topological polar surface area (TPSA) is 58.6 Å². The van der Waals surface area contributed by atoms with E-state index in [0.717, 1.165) is 0 Å². The number of hydrogen-bond donors (Lipinski definition) is 3. The lowest BCUT2D eigenvalue weighted by molar-refractivity contribution is -0.120. The Morgan fingerprint density at radius 2 is 2.58 bits per heavy atom. The lowest BCUT2D eigenvalue weighted by atomic mass is 9.80. The third-order valence-corrected chi connectivity index (χ3v) is 2.00. The fraction of sp³-hybridized carbons (Fsp3) is 0.833. The third-order valence-electron chi connectivity index (χ3n) is 1.77. The van der Waals surface area contributed by atoms with E-state index in [9.17, 15) is 4.79 Å². The lowest BCUT2D eigenvalue weighted by Gasteiger charge is -2.13. The van der Waals surface area contributed by atoms with Crippen LogP contribution >= 0.6 is 12.6 Å². The molecule has 1 saturated heterocycles. The Morgan fingerprint density at radius 1 is 1.92 bits per heavy atom. The summed E-state index contributed by atoms with van der Waals surface area (Å²) in [7, 11) is -0.860. The summed E-state index contributed by atoms with van der Waals surface area (Å²) < 4.78 is 4.86. The van der Waals surface area contributed by atoms with Crippen LogP contribution in [0.2, 0.25) is 0 Å². The van der Waals surface area contributed by atoms with Gasteiger partial charge in [-0.1, -0.05) is 0 Å². The van der Waals surface area contributed by atoms with E-state index in [4.69, 9.17) is 9.68 Å². The lowest BCUT2D eigenvalue weighted by Crippen LogP contribution is -2.45. The molecule has 1 rings (SSSR count). The van der Waals surface area contributed by atoms with E-state index in [1.165, 1.54) is 0 Å². The first-order chi connectivity index (χ1) is 5.61. The molecule has 2 atom stereocenters. The summed E-state index contributed by atoms with van der Waals surface area (Å²) in [5.74, 6) is -0.444. The van der Waals surface area contributed by atoms with Gasteiger partial charge in [-0.2, -0.15) is 12.6 Å². The molecule has 6 heteroatoms. The second kappa shape index (κ2) is 4.16. The summed E-state index contributed by atoms with van der Waals surface area (Å²) in [6, 6.07) is 0. The van der Waals surface area contributed by atoms with Gasteiger partial charge in [0.05, 0.1) is 11.2 Å². The van der Waals surface area contributed by atoms with Crippen molar-refractivity contribution in [2.45, 2.75) is 24.5 Å². The maximum Gasteiger partial charge on any atom is 0.478 e. The predicted molar refractivity (Wildman–Crippen MR) is 48.9 cm³/mol. The van der Waals surface area contributed by atoms with E-state index in [0.29, 0.717) is 13.0 Å². The zero-order valence-electron chi connectivity index (χ0n) is 6.86. The molecule has 0 radical (unpaired) electrons. The minimum absolute atomic E-state index is 0.173. The highest BCUT2D eigenvalue weighted by atomic mass is 32.1. The van der Waals surface area contributed by atoms with Crippen LogP contribution in [0.25, 0.3) is 0 Å². The standard InChI is InChI=1S/C6H12BNO3S/c1-4(12)6(9)8-5-2-3-11-7(5)10/h4-5,10,12H,2-3H2,1H3,(H,8,9). The van der Waals surface area contributed by atoms with Gasteiger partial charge in [-0.15, -0.1) is 0 Å². The Labute approximate surface area is 77.2 Å². The van der Waals surface area contributed by atoms with Gasteiger partial charge in [0, 0.05) is 6.61 Å². The summed E-state index contributed by atoms with van der Waals surface area (Å²) in [6.45, 7) is 2.17. The Morgan fingerprint density at radius 3 is 3.00 bits per heavy atom. The highest BCUT2D eigenvalue weighted by Crippen LogP contribution is 2.07. The van der Waals surface area contributed by atoms with Gasteiger partial charge in [-0.05, 0) is 13.3 Å². The first kappa shape index (κ1) is 9.89. The average molecular weight is 189 g/mol. The number of hydrogen-bond acceptors (Lipinski definition) is 4. The van der Waals surface area contributed by atoms with Crippen LogP contribution < -0.4 is 5.32 Å². The van der Waals surface area contributed by atoms with Crippen LogP contribution in [0, 0.1) is 0 Å². The van der Waals surface area contributed by atoms with Crippen molar-refractivity contribution < 1.29 is 14.5 Å². The molecule has 0 bridgehead atoms. The quantitative estimate of drug-likeness (QED) is 0.395. The molecule has 1 aliphatic heterocycles. The van der Waals surface area contributed by atoms with Crippen LogP contribution in [0.3, 0.4) is 0 Å². The highest BCUT2D eigenvalue weighted by Gasteiger charge is 2.34. The molecule has 0 aromatic rings. The van der Waals surface area contributed by atoms with Gasteiger partial charge in [-0.3, -0.25) is 4.79 Å². The van der Waals surface area contributed by atoms with Crippen LogP contribution in [-0.4, -0.2) is 35.8 Å². The normalized spacial score (nSPS) is 25.6. The molecule has 4 nitrogen and oxygen atoms in total. The molecule has 0 aromatic carbocycles. The average Bonchev–Trinajstić information content (AvgIpc) is 2.36. The zero-order valence-corrected chi connectivity index (χ0v) is 7.75. The molecule has 2 unspecified atom stereocenters. The van der Waals surface area contributed by atoms with Gasteiger partial charge >= 0.3 is 7.12 Å². The first-order valence-corrected chi connectivity index (χ1v) is 4.41. The number of nitrogens with one attached hydrogen (secondary N) is 1. The SMILES string of the molecule is CC(S)C(=O)NC1CCOB1O. The van der Waals surface area contributed by atoms with E-state index in [1.54, 1.807) is 6.92 Å². The van der Waals surface area contributed by atoms with Crippen LogP contribution in [0.5, 0.6) is 0 Å². The number of amides is 1. The number of thiol groups is 1. The Balaban J connectivity index is 2.35. The monoisotopic (exact) mass is 189 g/mol. The van der Waals surface area contributed by atoms with Crippen LogP contribution in [0.4, 0.5) is 0 Å². The van der Waals surface area contributed by atoms with Gasteiger partial charge in [0.25, 0.3) is 0 Å². The predicted octanol–water partition coefficient (Wildman–Crippen LogP) is -0.771. The minimum atomic E-state index is -0.860. The molecule has 0 saturated carbocycles. The van der Waals surface area contributed by atoms with Crippen LogP contribution in [-0.2, 0) is 9.45 Å². The zero-order chi connectivity index (χ0) is 9.14. The maximum atomic E-state index is 11.1. The first-order valence-electron chi connectivity index (χ1n) is 3.89. The number of carbonyl (C=O) groups excluding carboxylic acids is 1. The van der Waals surface area contributed by atoms with Crippen molar-refractivity contribution in [1.29, 1.82) is 0 Å². The highest BCUT2D eigenvalue weighted by molar-refractivity contribution is 7.81. The third kappa shape index (κ3) is 2.40. The smallest absolute Gasteiger partial charge is 0.426 e. The van der Waals surface area contributed by atoms with Crippen molar-refractivity contribution in [2.24, 2.45) is 0 Å². The van der Waals surface area contributed by atoms with Gasteiger partial charge < -0.3 is 15.0 Å². The van der Waals surface area contributed by atoms with Crippen molar-refractivity contribution in [3.63, 3.8) is 0 Å². The Hall–Kier alpha value is -0.195. The molecule has 0 aromatic heterocycles. The fourth-order valence-electron chi connectivity index (χ4n) is 1.02. The van der Waals surface area contributed by atoms with Crippen molar-refractivity contribution in [2.75, 3.05) is 6.61 Å². The fourth-order valence-corrected chi connectivity index (χ4v) is 1.10. The van der Waals surface area contributed by atoms with E-state index >= 15 is 0 Å². The summed E-state index contributed by atoms with van der Waals surface area (Å²) in [6.07, 6.45) is 0.660. The van der Waals surface area contributed by atoms with E-state index in [1.807, 2.05) is 0 Å². The second-order valence-corrected chi connectivity index (χ2v) is 3.62. The maximum absolute atomic E-state index is 11.1. The van der Waals surface area contributed by atoms with Crippen molar-refractivity contribution >= 4 is 25.7 Å². The largest absolute Gasteiger partial charge is 0.478 e. The molecule has 1 amide bonds. The second-order valence-electron chi connectivity index (χ2n) is 2.84. The summed E-state index contributed by atoms with van der Waals surface area (Å²) in [4.78, 5) is 11.1. The van der Waals surface area contributed by atoms with Gasteiger partial charge in [0.1, 0.15) is 0 Å². The van der Waals surface area contributed by atoms with E-state index in [-0.39, 0.29) is 17.1 Å². The molecule has 12 heavy (non-hydrogen) atoms. The molecule has 1 fully saturated rings. The van der Waals surface area contributed by atoms with Gasteiger partial charge in [-0.25, -0.2) is 0 Å². The van der Waals surface area contributed by atoms with Gasteiger partial charge in [0.2, 0.25) is 5.91 Å². The van der Waals surface area contributed by atoms with E-state index < -0.39 is 7.12 Å². The molecule has 2 N–H and O–H groups in total. The Bertz CT molecular complexity index is 178. The summed E-state index contributed by atoms with van der Waals surface area (Å²) >= 11 is 3.96. The van der Waals surface area contributed by atoms with Crippen molar-refractivity contribution in [3.05, 3.63) is 0 Å². The molecule has 68 valence electrons. The molecule has 1 aliphatic rings. The number of carbonyl (C=O) groups is 1. The molecule has 0 spiro atoms. The number of rotatable bonds is 2. The summed E-state index contributed by atoms with van der Waals surface area (Å²) in [5.41, 5.74) is 0. The van der Waals surface area contributed by atoms with Crippen LogP contribution in [0.15, 0.2) is 0 Å². The molecular weight excluding hydrogens is 177 g/mol. The summed E-state index contributed by atoms with van der Waals surface area (Å²) in [5, 5.41) is 11.4. The Kier molecular flexibility index (Phi) is 3.43. The van der Waals surface area contributed by atoms with Crippen molar-refractivity contribution in [1.82, 2.24) is 5.32 Å². The van der Waals surface area contributed by atoms with E-state index in [2.05, 4.69) is 17.9 Å². The van der Waals surface area contributed by atoms with Crippen LogP contribution in [0.1, 0.15) is 13.3 Å². The van der Waals surface area contributed by atoms with Gasteiger partial charge in [0.15, 0.2) is 0 Å². The van der Waals surface area contributed by atoms with Crippen molar-refractivity contribution in [3.8, 4) is 0 Å². The molecule has 1 heterocycles. The minimum Gasteiger partial charge on any atom is -0.426 e. The molecular formula is C6H12BNO3S. The molecule has 0 aliphatic carbocycles.